The van der Waals surface area contributed by atoms with Gasteiger partial charge in [0, 0.05) is 13.5 Å². The lowest BCUT2D eigenvalue weighted by Gasteiger charge is -2.14. The second kappa shape index (κ2) is 9.69. The molecule has 1 rings (SSSR count). The second-order valence-electron chi connectivity index (χ2n) is 5.11. The van der Waals surface area contributed by atoms with Crippen LogP contribution in [0.1, 0.15) is 18.1 Å². The maximum atomic E-state index is 12.2. The standard InChI is InChI=1S/C17H20F3NO5/c1-11(22)26-8-4-5-12-9-14(24-2)15(25-3)10-13(12)6-7-21-16(23)17(18,19)20/h4-5,9-10H,6-8H2,1-3H3,(H,21,23)/b5-4-. The molecule has 1 amide bonds. The molecule has 0 heterocycles. The van der Waals surface area contributed by atoms with E-state index in [0.29, 0.717) is 22.6 Å². The number of carbonyl (C=O) groups excluding carboxylic acids is 2. The predicted molar refractivity (Wildman–Crippen MR) is 88.0 cm³/mol. The van der Waals surface area contributed by atoms with Crippen molar-refractivity contribution in [2.45, 2.75) is 19.5 Å². The molecule has 0 saturated heterocycles. The smallest absolute Gasteiger partial charge is 0.471 e. The van der Waals surface area contributed by atoms with E-state index in [0.717, 1.165) is 0 Å². The molecule has 0 radical (unpaired) electrons. The van der Waals surface area contributed by atoms with E-state index in [2.05, 4.69) is 0 Å². The van der Waals surface area contributed by atoms with Crippen molar-refractivity contribution >= 4 is 18.0 Å². The summed E-state index contributed by atoms with van der Waals surface area (Å²) in [5.41, 5.74) is 1.26. The quantitative estimate of drug-likeness (QED) is 0.707. The van der Waals surface area contributed by atoms with E-state index in [9.17, 15) is 22.8 Å². The Balaban J connectivity index is 2.95. The van der Waals surface area contributed by atoms with Crippen molar-refractivity contribution in [2.75, 3.05) is 27.4 Å². The number of esters is 1. The molecule has 0 aliphatic rings. The molecular weight excluding hydrogens is 355 g/mol. The van der Waals surface area contributed by atoms with Crippen LogP contribution in [0, 0.1) is 0 Å². The van der Waals surface area contributed by atoms with Crippen LogP contribution in [0.25, 0.3) is 6.08 Å². The van der Waals surface area contributed by atoms with Crippen LogP contribution in [0.15, 0.2) is 18.2 Å². The number of nitrogens with one attached hydrogen (secondary N) is 1. The molecule has 1 aromatic carbocycles. The Morgan fingerprint density at radius 3 is 2.31 bits per heavy atom. The normalized spacial score (nSPS) is 11.3. The van der Waals surface area contributed by atoms with Crippen molar-refractivity contribution in [1.82, 2.24) is 5.32 Å². The molecule has 0 atom stereocenters. The molecule has 0 bridgehead atoms. The third kappa shape index (κ3) is 6.66. The lowest BCUT2D eigenvalue weighted by molar-refractivity contribution is -0.173. The molecule has 9 heteroatoms. The maximum absolute atomic E-state index is 12.2. The third-order valence-electron chi connectivity index (χ3n) is 3.26. The Bertz CT molecular complexity index is 671. The molecule has 0 aliphatic carbocycles. The van der Waals surface area contributed by atoms with Gasteiger partial charge in [0.15, 0.2) is 11.5 Å². The van der Waals surface area contributed by atoms with Crippen LogP contribution in [0.4, 0.5) is 13.2 Å². The highest BCUT2D eigenvalue weighted by Gasteiger charge is 2.38. The monoisotopic (exact) mass is 375 g/mol. The highest BCUT2D eigenvalue weighted by atomic mass is 19.4. The number of hydrogen-bond acceptors (Lipinski definition) is 5. The maximum Gasteiger partial charge on any atom is 0.471 e. The molecule has 0 spiro atoms. The SMILES string of the molecule is COc1cc(/C=C\COC(C)=O)c(CCNC(=O)C(F)(F)F)cc1OC. The Hall–Kier alpha value is -2.71. The minimum Gasteiger partial charge on any atom is -0.493 e. The zero-order valence-corrected chi connectivity index (χ0v) is 14.6. The summed E-state index contributed by atoms with van der Waals surface area (Å²) in [4.78, 5) is 21.7. The Morgan fingerprint density at radius 2 is 1.77 bits per heavy atom. The molecule has 0 fully saturated rings. The van der Waals surface area contributed by atoms with Crippen LogP contribution < -0.4 is 14.8 Å². The van der Waals surface area contributed by atoms with Crippen molar-refractivity contribution in [3.8, 4) is 11.5 Å². The van der Waals surface area contributed by atoms with Crippen molar-refractivity contribution < 1.29 is 37.0 Å². The van der Waals surface area contributed by atoms with Crippen LogP contribution in [-0.2, 0) is 20.7 Å². The number of alkyl halides is 3. The minimum absolute atomic E-state index is 0.0495. The predicted octanol–water partition coefficient (Wildman–Crippen LogP) is 2.50. The van der Waals surface area contributed by atoms with Gasteiger partial charge in [-0.25, -0.2) is 0 Å². The largest absolute Gasteiger partial charge is 0.493 e. The van der Waals surface area contributed by atoms with Crippen LogP contribution in [-0.4, -0.2) is 45.4 Å². The van der Waals surface area contributed by atoms with Gasteiger partial charge in [0.1, 0.15) is 6.61 Å². The van der Waals surface area contributed by atoms with Gasteiger partial charge in [-0.2, -0.15) is 13.2 Å². The van der Waals surface area contributed by atoms with Crippen LogP contribution in [0.5, 0.6) is 11.5 Å². The zero-order valence-electron chi connectivity index (χ0n) is 14.6. The number of hydrogen-bond donors (Lipinski definition) is 1. The van der Waals surface area contributed by atoms with Gasteiger partial charge < -0.3 is 19.5 Å². The van der Waals surface area contributed by atoms with Crippen molar-refractivity contribution in [3.63, 3.8) is 0 Å². The molecule has 0 saturated carbocycles. The van der Waals surface area contributed by atoms with Crippen molar-refractivity contribution in [1.29, 1.82) is 0 Å². The summed E-state index contributed by atoms with van der Waals surface area (Å²) >= 11 is 0. The molecule has 6 nitrogen and oxygen atoms in total. The lowest BCUT2D eigenvalue weighted by Crippen LogP contribution is -2.37. The first-order chi connectivity index (χ1) is 12.2. The first kappa shape index (κ1) is 21.3. The van der Waals surface area contributed by atoms with Gasteiger partial charge in [-0.05, 0) is 35.8 Å². The number of amides is 1. The molecule has 26 heavy (non-hydrogen) atoms. The summed E-state index contributed by atoms with van der Waals surface area (Å²) < 4.78 is 51.9. The fourth-order valence-electron chi connectivity index (χ4n) is 2.06. The zero-order chi connectivity index (χ0) is 19.7. The Kier molecular flexibility index (Phi) is 7.95. The number of halogens is 3. The van der Waals surface area contributed by atoms with E-state index >= 15 is 0 Å². The Labute approximate surface area is 148 Å². The van der Waals surface area contributed by atoms with Gasteiger partial charge in [-0.1, -0.05) is 6.08 Å². The average Bonchev–Trinajstić information content (AvgIpc) is 2.57. The number of methoxy groups -OCH3 is 2. The fourth-order valence-corrected chi connectivity index (χ4v) is 2.06. The molecule has 0 aliphatic heterocycles. The molecule has 0 unspecified atom stereocenters. The minimum atomic E-state index is -4.93. The van der Waals surface area contributed by atoms with Crippen LogP contribution >= 0.6 is 0 Å². The fraction of sp³-hybridized carbons (Fsp3) is 0.412. The van der Waals surface area contributed by atoms with Crippen LogP contribution in [0.3, 0.4) is 0 Å². The summed E-state index contributed by atoms with van der Waals surface area (Å²) in [5, 5.41) is 1.82. The van der Waals surface area contributed by atoms with E-state index in [-0.39, 0.29) is 19.6 Å². The first-order valence-corrected chi connectivity index (χ1v) is 7.58. The molecular formula is C17H20F3NO5. The van der Waals surface area contributed by atoms with Gasteiger partial charge in [0.05, 0.1) is 14.2 Å². The third-order valence-corrected chi connectivity index (χ3v) is 3.26. The topological polar surface area (TPSA) is 73.9 Å². The van der Waals surface area contributed by atoms with Gasteiger partial charge in [0.2, 0.25) is 0 Å². The number of ether oxygens (including phenoxy) is 3. The van der Waals surface area contributed by atoms with Gasteiger partial charge >= 0.3 is 18.1 Å². The van der Waals surface area contributed by atoms with E-state index in [4.69, 9.17) is 14.2 Å². The summed E-state index contributed by atoms with van der Waals surface area (Å²) in [6.45, 7) is 1.12. The lowest BCUT2D eigenvalue weighted by atomic mass is 10.0. The van der Waals surface area contributed by atoms with E-state index in [1.807, 2.05) is 5.32 Å². The number of carbonyl (C=O) groups is 2. The van der Waals surface area contributed by atoms with Crippen LogP contribution in [0.2, 0.25) is 0 Å². The second-order valence-corrected chi connectivity index (χ2v) is 5.11. The summed E-state index contributed by atoms with van der Waals surface area (Å²) in [5.74, 6) is -1.59. The summed E-state index contributed by atoms with van der Waals surface area (Å²) in [6, 6.07) is 3.26. The highest BCUT2D eigenvalue weighted by molar-refractivity contribution is 5.81. The van der Waals surface area contributed by atoms with Gasteiger partial charge in [0.25, 0.3) is 0 Å². The molecule has 0 aromatic heterocycles. The average molecular weight is 375 g/mol. The van der Waals surface area contributed by atoms with Gasteiger partial charge in [-0.3, -0.25) is 9.59 Å². The first-order valence-electron chi connectivity index (χ1n) is 7.58. The Morgan fingerprint density at radius 1 is 1.15 bits per heavy atom. The summed E-state index contributed by atoms with van der Waals surface area (Å²) in [6.07, 6.45) is -1.56. The van der Waals surface area contributed by atoms with Gasteiger partial charge in [-0.15, -0.1) is 0 Å². The van der Waals surface area contributed by atoms with Crippen molar-refractivity contribution in [3.05, 3.63) is 29.3 Å². The number of rotatable bonds is 8. The highest BCUT2D eigenvalue weighted by Crippen LogP contribution is 2.31. The molecule has 1 N–H and O–H groups in total. The molecule has 1 aromatic rings. The van der Waals surface area contributed by atoms with E-state index < -0.39 is 18.1 Å². The van der Waals surface area contributed by atoms with Crippen molar-refractivity contribution in [2.24, 2.45) is 0 Å². The summed E-state index contributed by atoms with van der Waals surface area (Å²) in [7, 11) is 2.89. The van der Waals surface area contributed by atoms with E-state index in [1.165, 1.54) is 21.1 Å². The number of benzene rings is 1. The molecule has 144 valence electrons. The van der Waals surface area contributed by atoms with E-state index in [1.54, 1.807) is 24.3 Å².